The molecule has 1 unspecified atom stereocenters. The van der Waals surface area contributed by atoms with Gasteiger partial charge in [0.25, 0.3) is 0 Å². The second kappa shape index (κ2) is 8.63. The molecule has 0 bridgehead atoms. The van der Waals surface area contributed by atoms with Crippen molar-refractivity contribution >= 4 is 21.4 Å². The van der Waals surface area contributed by atoms with Crippen LogP contribution in [0.3, 0.4) is 0 Å². The highest BCUT2D eigenvalue weighted by molar-refractivity contribution is 7.89. The van der Waals surface area contributed by atoms with Crippen LogP contribution in [0.2, 0.25) is 0 Å². The summed E-state index contributed by atoms with van der Waals surface area (Å²) >= 11 is 1.65. The molecule has 1 aliphatic rings. The van der Waals surface area contributed by atoms with Crippen LogP contribution in [0.15, 0.2) is 46.0 Å². The first-order chi connectivity index (χ1) is 12.5. The molecule has 2 aromatic rings. The van der Waals surface area contributed by atoms with Crippen LogP contribution in [0.5, 0.6) is 0 Å². The maximum atomic E-state index is 12.7. The number of nitrogens with zero attached hydrogens (tertiary/aromatic N) is 2. The Balaban J connectivity index is 1.72. The summed E-state index contributed by atoms with van der Waals surface area (Å²) in [5, 5.41) is 4.17. The van der Waals surface area contributed by atoms with Crippen molar-refractivity contribution in [2.45, 2.75) is 24.3 Å². The summed E-state index contributed by atoms with van der Waals surface area (Å²) in [5.41, 5.74) is 2.32. The van der Waals surface area contributed by atoms with Gasteiger partial charge < -0.3 is 4.90 Å². The molecule has 2 heterocycles. The Morgan fingerprint density at radius 1 is 1.12 bits per heavy atom. The molecule has 1 N–H and O–H groups in total. The minimum absolute atomic E-state index is 0.0691. The van der Waals surface area contributed by atoms with E-state index in [-0.39, 0.29) is 6.04 Å². The maximum absolute atomic E-state index is 12.7. The predicted molar refractivity (Wildman–Crippen MR) is 107 cm³/mol. The molecule has 1 saturated heterocycles. The third-order valence-electron chi connectivity index (χ3n) is 5.02. The first-order valence-electron chi connectivity index (χ1n) is 9.03. The molecule has 26 heavy (non-hydrogen) atoms. The molecule has 5 nitrogen and oxygen atoms in total. The molecule has 0 saturated carbocycles. The molecule has 1 aromatic heterocycles. The highest BCUT2D eigenvalue weighted by Crippen LogP contribution is 2.24. The fourth-order valence-electron chi connectivity index (χ4n) is 3.23. The molecule has 0 spiro atoms. The highest BCUT2D eigenvalue weighted by Gasteiger charge is 2.26. The van der Waals surface area contributed by atoms with Crippen molar-refractivity contribution in [1.82, 2.24) is 14.5 Å². The second-order valence-corrected chi connectivity index (χ2v) is 9.31. The average Bonchev–Trinajstić information content (AvgIpc) is 3.18. The molecule has 142 valence electrons. The topological polar surface area (TPSA) is 52.7 Å². The van der Waals surface area contributed by atoms with Gasteiger partial charge in [-0.3, -0.25) is 4.90 Å². The molecule has 1 aliphatic heterocycles. The van der Waals surface area contributed by atoms with E-state index in [9.17, 15) is 8.42 Å². The lowest BCUT2D eigenvalue weighted by atomic mass is 10.1. The van der Waals surface area contributed by atoms with Crippen LogP contribution in [0.25, 0.3) is 0 Å². The summed E-state index contributed by atoms with van der Waals surface area (Å²) in [6, 6.07) is 9.31. The Morgan fingerprint density at radius 3 is 2.38 bits per heavy atom. The Bertz CT molecular complexity index is 781. The monoisotopic (exact) mass is 393 g/mol. The van der Waals surface area contributed by atoms with Crippen molar-refractivity contribution in [3.05, 3.63) is 52.2 Å². The number of benzene rings is 1. The van der Waals surface area contributed by atoms with Crippen molar-refractivity contribution in [3.63, 3.8) is 0 Å². The van der Waals surface area contributed by atoms with Gasteiger partial charge in [0.05, 0.1) is 4.90 Å². The Hall–Kier alpha value is -1.25. The molecule has 0 aliphatic carbocycles. The van der Waals surface area contributed by atoms with E-state index in [0.717, 1.165) is 38.2 Å². The lowest BCUT2D eigenvalue weighted by Crippen LogP contribution is -2.48. The van der Waals surface area contributed by atoms with Crippen molar-refractivity contribution in [1.29, 1.82) is 0 Å². The van der Waals surface area contributed by atoms with Gasteiger partial charge in [0.1, 0.15) is 0 Å². The van der Waals surface area contributed by atoms with E-state index in [2.05, 4.69) is 45.3 Å². The number of likely N-dealkylation sites (N-methyl/N-ethyl adjacent to an activating group) is 1. The Kier molecular flexibility index (Phi) is 6.47. The molecule has 7 heteroatoms. The van der Waals surface area contributed by atoms with E-state index in [0.29, 0.717) is 11.4 Å². The lowest BCUT2D eigenvalue weighted by molar-refractivity contribution is 0.113. The molecule has 1 aromatic carbocycles. The SMILES string of the molecule is CCc1ccc(S(=O)(=O)NCC(c2ccsc2)N2CCN(C)CC2)cc1. The smallest absolute Gasteiger partial charge is 0.240 e. The number of hydrogen-bond donors (Lipinski definition) is 1. The minimum Gasteiger partial charge on any atom is -0.304 e. The van der Waals surface area contributed by atoms with Gasteiger partial charge in [-0.05, 0) is 53.6 Å². The molecule has 1 atom stereocenters. The predicted octanol–water partition coefficient (Wildman–Crippen LogP) is 2.58. The van der Waals surface area contributed by atoms with E-state index in [1.54, 1.807) is 23.5 Å². The minimum atomic E-state index is -3.50. The van der Waals surface area contributed by atoms with E-state index in [1.807, 2.05) is 12.1 Å². The number of rotatable bonds is 7. The molecule has 1 fully saturated rings. The number of aryl methyl sites for hydroxylation is 1. The molecule has 3 rings (SSSR count). The van der Waals surface area contributed by atoms with Crippen LogP contribution >= 0.6 is 11.3 Å². The summed E-state index contributed by atoms with van der Waals surface area (Å²) in [7, 11) is -1.38. The lowest BCUT2D eigenvalue weighted by Gasteiger charge is -2.37. The summed E-state index contributed by atoms with van der Waals surface area (Å²) < 4.78 is 28.2. The summed E-state index contributed by atoms with van der Waals surface area (Å²) in [5.74, 6) is 0. The molecule has 0 radical (unpaired) electrons. The zero-order chi connectivity index (χ0) is 18.6. The van der Waals surface area contributed by atoms with Gasteiger partial charge in [0.15, 0.2) is 0 Å². The van der Waals surface area contributed by atoms with E-state index in [1.165, 1.54) is 5.56 Å². The van der Waals surface area contributed by atoms with Gasteiger partial charge in [-0.1, -0.05) is 19.1 Å². The number of nitrogens with one attached hydrogen (secondary N) is 1. The number of sulfonamides is 1. The van der Waals surface area contributed by atoms with Gasteiger partial charge >= 0.3 is 0 Å². The van der Waals surface area contributed by atoms with Gasteiger partial charge in [0.2, 0.25) is 10.0 Å². The molecular formula is C19H27N3O2S2. The summed E-state index contributed by atoms with van der Waals surface area (Å²) in [4.78, 5) is 5.02. The highest BCUT2D eigenvalue weighted by atomic mass is 32.2. The zero-order valence-corrected chi connectivity index (χ0v) is 17.0. The van der Waals surface area contributed by atoms with Crippen LogP contribution in [-0.4, -0.2) is 58.0 Å². The van der Waals surface area contributed by atoms with Crippen LogP contribution in [0.4, 0.5) is 0 Å². The van der Waals surface area contributed by atoms with Crippen LogP contribution in [0.1, 0.15) is 24.1 Å². The second-order valence-electron chi connectivity index (χ2n) is 6.76. The van der Waals surface area contributed by atoms with Gasteiger partial charge in [-0.15, -0.1) is 0 Å². The molecular weight excluding hydrogens is 366 g/mol. The fraction of sp³-hybridized carbons (Fsp3) is 0.474. The van der Waals surface area contributed by atoms with Gasteiger partial charge in [0, 0.05) is 38.8 Å². The van der Waals surface area contributed by atoms with E-state index < -0.39 is 10.0 Å². The fourth-order valence-corrected chi connectivity index (χ4v) is 4.98. The number of thiophene rings is 1. The third-order valence-corrected chi connectivity index (χ3v) is 7.16. The largest absolute Gasteiger partial charge is 0.304 e. The van der Waals surface area contributed by atoms with Gasteiger partial charge in [-0.2, -0.15) is 11.3 Å². The van der Waals surface area contributed by atoms with Crippen molar-refractivity contribution in [2.24, 2.45) is 0 Å². The van der Waals surface area contributed by atoms with Crippen LogP contribution in [0, 0.1) is 0 Å². The van der Waals surface area contributed by atoms with E-state index >= 15 is 0 Å². The number of piperazine rings is 1. The normalized spacial score (nSPS) is 18.1. The quantitative estimate of drug-likeness (QED) is 0.786. The Morgan fingerprint density at radius 2 is 1.81 bits per heavy atom. The van der Waals surface area contributed by atoms with Crippen molar-refractivity contribution in [3.8, 4) is 0 Å². The Labute approximate surface area is 160 Å². The maximum Gasteiger partial charge on any atom is 0.240 e. The van der Waals surface area contributed by atoms with Crippen LogP contribution < -0.4 is 4.72 Å². The van der Waals surface area contributed by atoms with Gasteiger partial charge in [-0.25, -0.2) is 13.1 Å². The standard InChI is InChI=1S/C19H27N3O2S2/c1-3-16-4-6-18(7-5-16)26(23,24)20-14-19(17-8-13-25-15-17)22-11-9-21(2)10-12-22/h4-8,13,15,19-20H,3,9-12,14H2,1-2H3. The first kappa shape index (κ1) is 19.5. The van der Waals surface area contributed by atoms with Crippen LogP contribution in [-0.2, 0) is 16.4 Å². The van der Waals surface area contributed by atoms with Crippen molar-refractivity contribution < 1.29 is 8.42 Å². The van der Waals surface area contributed by atoms with Crippen molar-refractivity contribution in [2.75, 3.05) is 39.8 Å². The zero-order valence-electron chi connectivity index (χ0n) is 15.4. The summed E-state index contributed by atoms with van der Waals surface area (Å²) in [6.45, 7) is 6.35. The van der Waals surface area contributed by atoms with E-state index in [4.69, 9.17) is 0 Å². The summed E-state index contributed by atoms with van der Waals surface area (Å²) in [6.07, 6.45) is 0.900. The number of hydrogen-bond acceptors (Lipinski definition) is 5. The third kappa shape index (κ3) is 4.72. The average molecular weight is 394 g/mol. The first-order valence-corrected chi connectivity index (χ1v) is 11.5. The molecule has 0 amide bonds.